The van der Waals surface area contributed by atoms with Gasteiger partial charge in [-0.3, -0.25) is 9.69 Å². The lowest BCUT2D eigenvalue weighted by Crippen LogP contribution is -2.34. The van der Waals surface area contributed by atoms with Gasteiger partial charge < -0.3 is 14.8 Å². The maximum Gasteiger partial charge on any atom is 0.224 e. The Balaban J connectivity index is 1.37. The number of rotatable bonds is 9. The van der Waals surface area contributed by atoms with Crippen molar-refractivity contribution in [2.75, 3.05) is 39.2 Å². The number of hydrogen-bond donors (Lipinski definition) is 1. The maximum absolute atomic E-state index is 13.0. The van der Waals surface area contributed by atoms with Gasteiger partial charge in [-0.15, -0.1) is 0 Å². The van der Waals surface area contributed by atoms with Gasteiger partial charge in [-0.1, -0.05) is 24.3 Å². The lowest BCUT2D eigenvalue weighted by Gasteiger charge is -2.31. The number of likely N-dealkylation sites (tertiary alicyclic amines) is 1. The van der Waals surface area contributed by atoms with Gasteiger partial charge >= 0.3 is 0 Å². The molecule has 0 atom stereocenters. The summed E-state index contributed by atoms with van der Waals surface area (Å²) in [5, 5.41) is 2.95. The van der Waals surface area contributed by atoms with Crippen LogP contribution in [0.1, 0.15) is 31.2 Å². The van der Waals surface area contributed by atoms with E-state index in [0.29, 0.717) is 29.5 Å². The molecular weight excluding hydrogens is 395 g/mol. The number of carbonyl (C=O) groups excluding carboxylic acids is 1. The molecule has 0 aliphatic carbocycles. The third-order valence-corrected chi connectivity index (χ3v) is 5.71. The summed E-state index contributed by atoms with van der Waals surface area (Å²) in [5.41, 5.74) is 1.67. The summed E-state index contributed by atoms with van der Waals surface area (Å²) in [6.45, 7) is 2.96. The Morgan fingerprint density at radius 2 is 1.87 bits per heavy atom. The number of benzene rings is 2. The van der Waals surface area contributed by atoms with Crippen LogP contribution in [0.5, 0.6) is 11.5 Å². The summed E-state index contributed by atoms with van der Waals surface area (Å²) in [4.78, 5) is 14.8. The fourth-order valence-electron chi connectivity index (χ4n) is 3.82. The van der Waals surface area contributed by atoms with Crippen LogP contribution in [-0.4, -0.2) is 44.7 Å². The van der Waals surface area contributed by atoms with Crippen LogP contribution >= 0.6 is 0 Å². The maximum atomic E-state index is 13.0. The second kappa shape index (κ2) is 11.5. The first-order chi connectivity index (χ1) is 15.1. The van der Waals surface area contributed by atoms with E-state index in [1.165, 1.54) is 12.1 Å². The van der Waals surface area contributed by atoms with Crippen molar-refractivity contribution < 1.29 is 18.7 Å². The second-order valence-corrected chi connectivity index (χ2v) is 7.85. The van der Waals surface area contributed by atoms with E-state index in [9.17, 15) is 9.18 Å². The fraction of sp³-hybridized carbons (Fsp3) is 0.400. The van der Waals surface area contributed by atoms with E-state index in [4.69, 9.17) is 9.47 Å². The second-order valence-electron chi connectivity index (χ2n) is 7.85. The lowest BCUT2D eigenvalue weighted by atomic mass is 9.92. The smallest absolute Gasteiger partial charge is 0.224 e. The molecule has 2 aromatic carbocycles. The summed E-state index contributed by atoms with van der Waals surface area (Å²) in [5.74, 6) is 1.65. The zero-order chi connectivity index (χ0) is 22.1. The van der Waals surface area contributed by atoms with Crippen molar-refractivity contribution >= 4 is 17.7 Å². The first-order valence-electron chi connectivity index (χ1n) is 10.7. The van der Waals surface area contributed by atoms with Crippen molar-refractivity contribution in [3.8, 4) is 11.5 Å². The molecule has 0 spiro atoms. The van der Waals surface area contributed by atoms with Crippen LogP contribution in [0.4, 0.5) is 10.1 Å². The number of anilines is 1. The zero-order valence-electron chi connectivity index (χ0n) is 18.3. The van der Waals surface area contributed by atoms with Gasteiger partial charge in [-0.25, -0.2) is 4.39 Å². The molecule has 5 nitrogen and oxygen atoms in total. The van der Waals surface area contributed by atoms with Gasteiger partial charge in [0.2, 0.25) is 5.91 Å². The summed E-state index contributed by atoms with van der Waals surface area (Å²) in [6.07, 6.45) is 7.76. The van der Waals surface area contributed by atoms with E-state index in [-0.39, 0.29) is 11.7 Å². The minimum absolute atomic E-state index is 0.00753. The first kappa shape index (κ1) is 22.8. The standard InChI is InChI=1S/C25H31FN2O3/c1-30-22-10-11-23(24(18-22)31-2)27-25(29)12-7-20-13-16-28(17-14-20)15-3-4-19-5-8-21(26)9-6-19/h3-6,8-11,18,20H,7,12-17H2,1-2H3,(H,27,29). The molecule has 1 aliphatic rings. The first-order valence-corrected chi connectivity index (χ1v) is 10.7. The normalized spacial score (nSPS) is 15.2. The van der Waals surface area contributed by atoms with Crippen molar-refractivity contribution in [3.63, 3.8) is 0 Å². The van der Waals surface area contributed by atoms with Gasteiger partial charge in [0, 0.05) is 19.0 Å². The molecule has 0 bridgehead atoms. The molecule has 1 N–H and O–H groups in total. The van der Waals surface area contributed by atoms with Crippen LogP contribution in [0.25, 0.3) is 6.08 Å². The van der Waals surface area contributed by atoms with Crippen LogP contribution in [0.15, 0.2) is 48.5 Å². The van der Waals surface area contributed by atoms with Gasteiger partial charge in [-0.2, -0.15) is 0 Å². The number of halogens is 1. The topological polar surface area (TPSA) is 50.8 Å². The van der Waals surface area contributed by atoms with Crippen molar-refractivity contribution in [2.45, 2.75) is 25.7 Å². The molecule has 0 aromatic heterocycles. The molecule has 1 aliphatic heterocycles. The largest absolute Gasteiger partial charge is 0.497 e. The van der Waals surface area contributed by atoms with Crippen LogP contribution in [0.2, 0.25) is 0 Å². The van der Waals surface area contributed by atoms with Crippen LogP contribution in [0, 0.1) is 11.7 Å². The Hall–Kier alpha value is -2.86. The average molecular weight is 427 g/mol. The van der Waals surface area contributed by atoms with E-state index >= 15 is 0 Å². The number of amides is 1. The predicted octanol–water partition coefficient (Wildman–Crippen LogP) is 4.99. The number of nitrogens with one attached hydrogen (secondary N) is 1. The SMILES string of the molecule is COc1ccc(NC(=O)CCC2CCN(CC=Cc3ccc(F)cc3)CC2)c(OC)c1. The highest BCUT2D eigenvalue weighted by molar-refractivity contribution is 5.92. The number of methoxy groups -OCH3 is 2. The quantitative estimate of drug-likeness (QED) is 0.614. The Morgan fingerprint density at radius 1 is 1.13 bits per heavy atom. The summed E-state index contributed by atoms with van der Waals surface area (Å²) in [7, 11) is 3.17. The molecule has 3 rings (SSSR count). The third-order valence-electron chi connectivity index (χ3n) is 5.71. The Labute approximate surface area is 183 Å². The molecule has 6 heteroatoms. The highest BCUT2D eigenvalue weighted by atomic mass is 19.1. The van der Waals surface area contributed by atoms with E-state index in [0.717, 1.165) is 44.5 Å². The van der Waals surface area contributed by atoms with E-state index in [1.54, 1.807) is 44.6 Å². The number of hydrogen-bond acceptors (Lipinski definition) is 4. The molecule has 166 valence electrons. The predicted molar refractivity (Wildman–Crippen MR) is 122 cm³/mol. The van der Waals surface area contributed by atoms with Crippen molar-refractivity contribution in [1.29, 1.82) is 0 Å². The number of piperidine rings is 1. The molecule has 1 heterocycles. The molecule has 1 fully saturated rings. The minimum atomic E-state index is -0.212. The van der Waals surface area contributed by atoms with Crippen LogP contribution in [-0.2, 0) is 4.79 Å². The summed E-state index contributed by atoms with van der Waals surface area (Å²) in [6, 6.07) is 11.9. The Bertz CT molecular complexity index is 875. The van der Waals surface area contributed by atoms with Gasteiger partial charge in [0.25, 0.3) is 0 Å². The number of ether oxygens (including phenoxy) is 2. The molecule has 1 saturated heterocycles. The van der Waals surface area contributed by atoms with Crippen LogP contribution < -0.4 is 14.8 Å². The lowest BCUT2D eigenvalue weighted by molar-refractivity contribution is -0.116. The number of nitrogens with zero attached hydrogens (tertiary/aromatic N) is 1. The van der Waals surface area contributed by atoms with Crippen molar-refractivity contribution in [2.24, 2.45) is 5.92 Å². The van der Waals surface area contributed by atoms with Crippen molar-refractivity contribution in [3.05, 3.63) is 59.9 Å². The molecule has 2 aromatic rings. The van der Waals surface area contributed by atoms with Crippen LogP contribution in [0.3, 0.4) is 0 Å². The van der Waals surface area contributed by atoms with Gasteiger partial charge in [0.1, 0.15) is 17.3 Å². The summed E-state index contributed by atoms with van der Waals surface area (Å²) < 4.78 is 23.5. The highest BCUT2D eigenvalue weighted by Crippen LogP contribution is 2.29. The highest BCUT2D eigenvalue weighted by Gasteiger charge is 2.19. The van der Waals surface area contributed by atoms with E-state index in [2.05, 4.69) is 16.3 Å². The number of carbonyl (C=O) groups is 1. The average Bonchev–Trinajstić information content (AvgIpc) is 2.80. The fourth-order valence-corrected chi connectivity index (χ4v) is 3.82. The van der Waals surface area contributed by atoms with Gasteiger partial charge in [0.05, 0.1) is 19.9 Å². The third kappa shape index (κ3) is 7.10. The molecular formula is C25H31FN2O3. The molecule has 31 heavy (non-hydrogen) atoms. The molecule has 1 amide bonds. The van der Waals surface area contributed by atoms with E-state index in [1.807, 2.05) is 6.08 Å². The van der Waals surface area contributed by atoms with Gasteiger partial charge in [0.15, 0.2) is 0 Å². The van der Waals surface area contributed by atoms with Gasteiger partial charge in [-0.05, 0) is 68.1 Å². The molecule has 0 saturated carbocycles. The molecule has 0 radical (unpaired) electrons. The Kier molecular flexibility index (Phi) is 8.47. The van der Waals surface area contributed by atoms with Crippen molar-refractivity contribution in [1.82, 2.24) is 4.90 Å². The minimum Gasteiger partial charge on any atom is -0.497 e. The summed E-state index contributed by atoms with van der Waals surface area (Å²) >= 11 is 0. The zero-order valence-corrected chi connectivity index (χ0v) is 18.3. The van der Waals surface area contributed by atoms with E-state index < -0.39 is 0 Å². The Morgan fingerprint density at radius 3 is 2.55 bits per heavy atom. The molecule has 0 unspecified atom stereocenters. The monoisotopic (exact) mass is 426 g/mol.